The van der Waals surface area contributed by atoms with E-state index < -0.39 is 11.7 Å². The summed E-state index contributed by atoms with van der Waals surface area (Å²) in [6.45, 7) is 8.68. The van der Waals surface area contributed by atoms with E-state index in [2.05, 4.69) is 26.1 Å². The zero-order chi connectivity index (χ0) is 13.9. The van der Waals surface area contributed by atoms with Crippen molar-refractivity contribution in [1.82, 2.24) is 5.32 Å². The van der Waals surface area contributed by atoms with Crippen LogP contribution in [0.2, 0.25) is 0 Å². The molecule has 18 heavy (non-hydrogen) atoms. The first-order chi connectivity index (χ1) is 8.23. The first-order valence-electron chi connectivity index (χ1n) is 5.99. The number of phenols is 1. The maximum absolute atomic E-state index is 13.4. The summed E-state index contributed by atoms with van der Waals surface area (Å²) in [6, 6.07) is 3.81. The molecule has 1 aromatic carbocycles. The highest BCUT2D eigenvalue weighted by molar-refractivity contribution is 5.97. The first-order valence-corrected chi connectivity index (χ1v) is 5.99. The average molecular weight is 253 g/mol. The molecule has 0 aliphatic rings. The molecule has 2 N–H and O–H groups in total. The molecule has 0 spiro atoms. The molecule has 1 unspecified atom stereocenters. The highest BCUT2D eigenvalue weighted by Crippen LogP contribution is 2.25. The van der Waals surface area contributed by atoms with Crippen LogP contribution < -0.4 is 5.32 Å². The van der Waals surface area contributed by atoms with Crippen molar-refractivity contribution in [1.29, 1.82) is 0 Å². The Hall–Kier alpha value is -1.58. The van der Waals surface area contributed by atoms with E-state index in [-0.39, 0.29) is 22.6 Å². The van der Waals surface area contributed by atoms with Gasteiger partial charge >= 0.3 is 0 Å². The van der Waals surface area contributed by atoms with Gasteiger partial charge < -0.3 is 10.4 Å². The molecule has 0 heterocycles. The van der Waals surface area contributed by atoms with Crippen LogP contribution in [0, 0.1) is 17.2 Å². The minimum atomic E-state index is -0.712. The molecule has 1 atom stereocenters. The predicted octanol–water partition coefficient (Wildman–Crippen LogP) is 2.94. The van der Waals surface area contributed by atoms with E-state index in [0.717, 1.165) is 6.07 Å². The zero-order valence-electron chi connectivity index (χ0n) is 11.2. The Labute approximate surface area is 107 Å². The van der Waals surface area contributed by atoms with Crippen LogP contribution in [0.4, 0.5) is 4.39 Å². The number of carbonyl (C=O) groups is 1. The Morgan fingerprint density at radius 3 is 2.56 bits per heavy atom. The maximum atomic E-state index is 13.4. The number of halogens is 1. The first kappa shape index (κ1) is 14.5. The fourth-order valence-corrected chi connectivity index (χ4v) is 1.38. The van der Waals surface area contributed by atoms with Crippen molar-refractivity contribution in [3.63, 3.8) is 0 Å². The van der Waals surface area contributed by atoms with Gasteiger partial charge in [-0.25, -0.2) is 4.39 Å². The van der Waals surface area contributed by atoms with Gasteiger partial charge in [0.25, 0.3) is 5.91 Å². The molecule has 100 valence electrons. The van der Waals surface area contributed by atoms with Gasteiger partial charge in [0.2, 0.25) is 0 Å². The molecule has 0 aliphatic carbocycles. The van der Waals surface area contributed by atoms with E-state index in [0.29, 0.717) is 6.54 Å². The predicted molar refractivity (Wildman–Crippen MR) is 69.0 cm³/mol. The van der Waals surface area contributed by atoms with Gasteiger partial charge in [-0.15, -0.1) is 0 Å². The lowest BCUT2D eigenvalue weighted by Crippen LogP contribution is -2.34. The molecule has 3 nitrogen and oxygen atoms in total. The van der Waals surface area contributed by atoms with Crippen LogP contribution in [0.15, 0.2) is 18.2 Å². The lowest BCUT2D eigenvalue weighted by Gasteiger charge is -2.27. The molecule has 1 amide bonds. The largest absolute Gasteiger partial charge is 0.507 e. The number of benzene rings is 1. The maximum Gasteiger partial charge on any atom is 0.258 e. The number of rotatable bonds is 3. The van der Waals surface area contributed by atoms with E-state index in [9.17, 15) is 14.3 Å². The summed E-state index contributed by atoms with van der Waals surface area (Å²) in [4.78, 5) is 11.8. The Balaban J connectivity index is 2.73. The molecule has 0 saturated heterocycles. The summed E-state index contributed by atoms with van der Waals surface area (Å²) in [6.07, 6.45) is 0. The molecule has 0 aromatic heterocycles. The lowest BCUT2D eigenvalue weighted by molar-refractivity contribution is 0.0930. The van der Waals surface area contributed by atoms with E-state index >= 15 is 0 Å². The third kappa shape index (κ3) is 3.45. The molecular weight excluding hydrogens is 233 g/mol. The van der Waals surface area contributed by atoms with Gasteiger partial charge in [-0.3, -0.25) is 4.79 Å². The van der Waals surface area contributed by atoms with Gasteiger partial charge in [0.15, 0.2) is 0 Å². The fourth-order valence-electron chi connectivity index (χ4n) is 1.38. The summed E-state index contributed by atoms with van der Waals surface area (Å²) in [5, 5.41) is 12.1. The summed E-state index contributed by atoms with van der Waals surface area (Å²) in [7, 11) is 0. The lowest BCUT2D eigenvalue weighted by atomic mass is 9.82. The molecule has 4 heteroatoms. The molecule has 0 fully saturated rings. The Kier molecular flexibility index (Phi) is 4.33. The molecule has 1 aromatic rings. The van der Waals surface area contributed by atoms with E-state index in [1.807, 2.05) is 6.92 Å². The molecule has 0 saturated carbocycles. The number of amides is 1. The van der Waals surface area contributed by atoms with Crippen LogP contribution in [-0.2, 0) is 0 Å². The van der Waals surface area contributed by atoms with Crippen molar-refractivity contribution in [2.75, 3.05) is 6.54 Å². The number of nitrogens with one attached hydrogen (secondary N) is 1. The molecule has 0 bridgehead atoms. The topological polar surface area (TPSA) is 49.3 Å². The van der Waals surface area contributed by atoms with Crippen LogP contribution in [-0.4, -0.2) is 17.6 Å². The normalized spacial score (nSPS) is 13.2. The highest BCUT2D eigenvalue weighted by Gasteiger charge is 2.22. The Morgan fingerprint density at radius 2 is 2.06 bits per heavy atom. The van der Waals surface area contributed by atoms with E-state index in [4.69, 9.17) is 0 Å². The second kappa shape index (κ2) is 5.38. The summed E-state index contributed by atoms with van der Waals surface area (Å²) in [5.74, 6) is -1.39. The number of aromatic hydroxyl groups is 1. The van der Waals surface area contributed by atoms with Crippen molar-refractivity contribution in [2.45, 2.75) is 27.7 Å². The average Bonchev–Trinajstić information content (AvgIpc) is 2.24. The monoisotopic (exact) mass is 253 g/mol. The number of hydrogen-bond donors (Lipinski definition) is 2. The Morgan fingerprint density at radius 1 is 1.44 bits per heavy atom. The van der Waals surface area contributed by atoms with Gasteiger partial charge in [0.05, 0.1) is 0 Å². The summed E-state index contributed by atoms with van der Waals surface area (Å²) in [5.41, 5.74) is -0.233. The van der Waals surface area contributed by atoms with Crippen LogP contribution in [0.25, 0.3) is 0 Å². The zero-order valence-corrected chi connectivity index (χ0v) is 11.2. The number of carbonyl (C=O) groups excluding carboxylic acids is 1. The second-order valence-electron chi connectivity index (χ2n) is 5.61. The van der Waals surface area contributed by atoms with Crippen LogP contribution >= 0.6 is 0 Å². The number of hydrogen-bond acceptors (Lipinski definition) is 2. The van der Waals surface area contributed by atoms with Crippen molar-refractivity contribution >= 4 is 5.91 Å². The summed E-state index contributed by atoms with van der Waals surface area (Å²) < 4.78 is 13.4. The van der Waals surface area contributed by atoms with E-state index in [1.165, 1.54) is 12.1 Å². The smallest absolute Gasteiger partial charge is 0.258 e. The Bertz CT molecular complexity index is 418. The van der Waals surface area contributed by atoms with Crippen molar-refractivity contribution < 1.29 is 14.3 Å². The second-order valence-corrected chi connectivity index (χ2v) is 5.61. The standard InChI is InChI=1S/C14H20FNO2/c1-9(14(2,3)4)8-16-13(18)12-10(15)6-5-7-11(12)17/h5-7,9,17H,8H2,1-4H3,(H,16,18). The van der Waals surface area contributed by atoms with Gasteiger partial charge in [0, 0.05) is 6.54 Å². The van der Waals surface area contributed by atoms with Crippen molar-refractivity contribution in [3.8, 4) is 5.75 Å². The van der Waals surface area contributed by atoms with Crippen LogP contribution in [0.5, 0.6) is 5.75 Å². The minimum absolute atomic E-state index is 0.0601. The minimum Gasteiger partial charge on any atom is -0.507 e. The third-order valence-corrected chi connectivity index (χ3v) is 3.27. The quantitative estimate of drug-likeness (QED) is 0.870. The van der Waals surface area contributed by atoms with Crippen LogP contribution in [0.3, 0.4) is 0 Å². The molecule has 0 aliphatic heterocycles. The third-order valence-electron chi connectivity index (χ3n) is 3.27. The molecule has 1 rings (SSSR count). The molecule has 0 radical (unpaired) electrons. The van der Waals surface area contributed by atoms with Crippen LogP contribution in [0.1, 0.15) is 38.1 Å². The van der Waals surface area contributed by atoms with Gasteiger partial charge in [-0.05, 0) is 23.5 Å². The van der Waals surface area contributed by atoms with Crippen molar-refractivity contribution in [2.24, 2.45) is 11.3 Å². The highest BCUT2D eigenvalue weighted by atomic mass is 19.1. The van der Waals surface area contributed by atoms with Gasteiger partial charge in [-0.1, -0.05) is 33.8 Å². The van der Waals surface area contributed by atoms with Gasteiger partial charge in [0.1, 0.15) is 17.1 Å². The summed E-state index contributed by atoms with van der Waals surface area (Å²) >= 11 is 0. The fraction of sp³-hybridized carbons (Fsp3) is 0.500. The van der Waals surface area contributed by atoms with Gasteiger partial charge in [-0.2, -0.15) is 0 Å². The molecular formula is C14H20FNO2. The van der Waals surface area contributed by atoms with E-state index in [1.54, 1.807) is 0 Å². The SMILES string of the molecule is CC(CNC(=O)c1c(O)cccc1F)C(C)(C)C. The number of phenolic OH excluding ortho intramolecular Hbond substituents is 1. The van der Waals surface area contributed by atoms with Crippen molar-refractivity contribution in [3.05, 3.63) is 29.6 Å².